The van der Waals surface area contributed by atoms with Crippen molar-refractivity contribution in [3.8, 4) is 0 Å². The number of hydrogen-bond donors (Lipinski definition) is 1. The van der Waals surface area contributed by atoms with E-state index in [1.54, 1.807) is 11.3 Å². The van der Waals surface area contributed by atoms with Crippen molar-refractivity contribution in [3.63, 3.8) is 0 Å². The van der Waals surface area contributed by atoms with Crippen molar-refractivity contribution in [3.05, 3.63) is 52.0 Å². The maximum Gasteiger partial charge on any atom is 0.0947 e. The molecule has 0 spiro atoms. The van der Waals surface area contributed by atoms with Gasteiger partial charge in [-0.05, 0) is 5.56 Å². The standard InChI is InChI=1S/C15H20N2S/c1-15(2,3)13-10-18-14(17-13)9-12(16)11-7-5-4-6-8-11/h4-8,10,12H,9,16H2,1-3H3. The SMILES string of the molecule is CC(C)(C)c1csc(CC(N)c2ccccc2)n1. The first kappa shape index (κ1) is 13.2. The number of nitrogens with two attached hydrogens (primary N) is 1. The molecule has 2 N–H and O–H groups in total. The Hall–Kier alpha value is -1.19. The van der Waals surface area contributed by atoms with Gasteiger partial charge in [0.25, 0.3) is 0 Å². The van der Waals surface area contributed by atoms with E-state index in [4.69, 9.17) is 5.73 Å². The highest BCUT2D eigenvalue weighted by Crippen LogP contribution is 2.26. The van der Waals surface area contributed by atoms with Gasteiger partial charge in [0.1, 0.15) is 0 Å². The highest BCUT2D eigenvalue weighted by atomic mass is 32.1. The topological polar surface area (TPSA) is 38.9 Å². The van der Waals surface area contributed by atoms with Crippen molar-refractivity contribution in [1.29, 1.82) is 0 Å². The van der Waals surface area contributed by atoms with Crippen molar-refractivity contribution in [1.82, 2.24) is 4.98 Å². The summed E-state index contributed by atoms with van der Waals surface area (Å²) in [4.78, 5) is 4.69. The predicted molar refractivity (Wildman–Crippen MR) is 77.9 cm³/mol. The van der Waals surface area contributed by atoms with Crippen molar-refractivity contribution in [2.24, 2.45) is 5.73 Å². The van der Waals surface area contributed by atoms with Gasteiger partial charge in [-0.3, -0.25) is 0 Å². The number of thiazole rings is 1. The summed E-state index contributed by atoms with van der Waals surface area (Å²) in [6.07, 6.45) is 0.810. The van der Waals surface area contributed by atoms with Crippen LogP contribution in [0.2, 0.25) is 0 Å². The molecule has 0 aliphatic carbocycles. The molecule has 0 amide bonds. The summed E-state index contributed by atoms with van der Waals surface area (Å²) in [6, 6.07) is 10.2. The molecule has 2 rings (SSSR count). The van der Waals surface area contributed by atoms with Crippen LogP contribution in [-0.2, 0) is 11.8 Å². The van der Waals surface area contributed by atoms with Crippen LogP contribution in [0, 0.1) is 0 Å². The summed E-state index contributed by atoms with van der Waals surface area (Å²) in [5, 5.41) is 3.27. The van der Waals surface area contributed by atoms with Gasteiger partial charge in [0.2, 0.25) is 0 Å². The Morgan fingerprint density at radius 2 is 1.89 bits per heavy atom. The minimum absolute atomic E-state index is 0.0326. The number of aromatic nitrogens is 1. The molecule has 0 saturated carbocycles. The molecule has 0 bridgehead atoms. The first-order valence-electron chi connectivity index (χ1n) is 6.22. The zero-order valence-electron chi connectivity index (χ0n) is 11.2. The summed E-state index contributed by atoms with van der Waals surface area (Å²) < 4.78 is 0. The van der Waals surface area contributed by atoms with E-state index in [-0.39, 0.29) is 11.5 Å². The van der Waals surface area contributed by atoms with E-state index in [9.17, 15) is 0 Å². The molecule has 1 heterocycles. The average molecular weight is 260 g/mol. The number of nitrogens with zero attached hydrogens (tertiary/aromatic N) is 1. The maximum atomic E-state index is 6.21. The molecule has 0 radical (unpaired) electrons. The quantitative estimate of drug-likeness (QED) is 0.914. The fourth-order valence-corrected chi connectivity index (χ4v) is 2.84. The molecule has 18 heavy (non-hydrogen) atoms. The summed E-state index contributed by atoms with van der Waals surface area (Å²) >= 11 is 1.71. The van der Waals surface area contributed by atoms with E-state index in [2.05, 4.69) is 43.3 Å². The zero-order valence-corrected chi connectivity index (χ0v) is 12.0. The van der Waals surface area contributed by atoms with Crippen molar-refractivity contribution in [2.45, 2.75) is 38.6 Å². The van der Waals surface area contributed by atoms with Crippen LogP contribution in [0.5, 0.6) is 0 Å². The largest absolute Gasteiger partial charge is 0.324 e. The minimum atomic E-state index is 0.0326. The first-order valence-corrected chi connectivity index (χ1v) is 7.10. The molecule has 2 nitrogen and oxygen atoms in total. The summed E-state index contributed by atoms with van der Waals surface area (Å²) in [6.45, 7) is 6.55. The molecule has 0 saturated heterocycles. The normalized spacial score (nSPS) is 13.6. The van der Waals surface area contributed by atoms with Crippen LogP contribution in [0.1, 0.15) is 43.1 Å². The van der Waals surface area contributed by atoms with E-state index >= 15 is 0 Å². The average Bonchev–Trinajstić information content (AvgIpc) is 2.78. The predicted octanol–water partition coefficient (Wildman–Crippen LogP) is 3.68. The first-order chi connectivity index (χ1) is 8.47. The summed E-state index contributed by atoms with van der Waals surface area (Å²) in [7, 11) is 0. The van der Waals surface area contributed by atoms with Gasteiger partial charge in [-0.1, -0.05) is 51.1 Å². The Kier molecular flexibility index (Phi) is 3.83. The van der Waals surface area contributed by atoms with Crippen molar-refractivity contribution in [2.75, 3.05) is 0 Å². The molecular weight excluding hydrogens is 240 g/mol. The van der Waals surface area contributed by atoms with Gasteiger partial charge in [0.05, 0.1) is 10.7 Å². The molecule has 1 aromatic carbocycles. The van der Waals surface area contributed by atoms with E-state index in [1.807, 2.05) is 18.2 Å². The summed E-state index contributed by atoms with van der Waals surface area (Å²) in [5.74, 6) is 0. The lowest BCUT2D eigenvalue weighted by Gasteiger charge is -2.14. The molecule has 1 unspecified atom stereocenters. The van der Waals surface area contributed by atoms with E-state index < -0.39 is 0 Å². The van der Waals surface area contributed by atoms with Gasteiger partial charge in [-0.15, -0.1) is 11.3 Å². The second-order valence-electron chi connectivity index (χ2n) is 5.60. The molecule has 1 atom stereocenters. The number of rotatable bonds is 3. The van der Waals surface area contributed by atoms with Crippen LogP contribution in [0.3, 0.4) is 0 Å². The van der Waals surface area contributed by atoms with Gasteiger partial charge in [-0.25, -0.2) is 4.98 Å². The van der Waals surface area contributed by atoms with Gasteiger partial charge in [-0.2, -0.15) is 0 Å². The molecular formula is C15H20N2S. The Labute approximate surface area is 113 Å². The van der Waals surface area contributed by atoms with Crippen molar-refractivity contribution >= 4 is 11.3 Å². The molecule has 1 aromatic heterocycles. The number of benzene rings is 1. The highest BCUT2D eigenvalue weighted by molar-refractivity contribution is 7.09. The van der Waals surface area contributed by atoms with E-state index in [0.717, 1.165) is 17.1 Å². The Morgan fingerprint density at radius 1 is 1.22 bits per heavy atom. The number of hydrogen-bond acceptors (Lipinski definition) is 3. The Balaban J connectivity index is 2.08. The van der Waals surface area contributed by atoms with Crippen LogP contribution in [0.15, 0.2) is 35.7 Å². The highest BCUT2D eigenvalue weighted by Gasteiger charge is 2.18. The van der Waals surface area contributed by atoms with Crippen molar-refractivity contribution < 1.29 is 0 Å². The second kappa shape index (κ2) is 5.21. The maximum absolute atomic E-state index is 6.21. The molecule has 0 fully saturated rings. The lowest BCUT2D eigenvalue weighted by atomic mass is 9.93. The zero-order chi connectivity index (χ0) is 13.2. The molecule has 0 aliphatic rings. The van der Waals surface area contributed by atoms with Crippen LogP contribution in [0.25, 0.3) is 0 Å². The fourth-order valence-electron chi connectivity index (χ4n) is 1.76. The van der Waals surface area contributed by atoms with Crippen LogP contribution in [0.4, 0.5) is 0 Å². The van der Waals surface area contributed by atoms with Gasteiger partial charge in [0, 0.05) is 23.3 Å². The molecule has 0 aliphatic heterocycles. The lowest BCUT2D eigenvalue weighted by Crippen LogP contribution is -2.14. The van der Waals surface area contributed by atoms with E-state index in [1.165, 1.54) is 5.56 Å². The van der Waals surface area contributed by atoms with E-state index in [0.29, 0.717) is 0 Å². The smallest absolute Gasteiger partial charge is 0.0947 e. The summed E-state index contributed by atoms with van der Waals surface area (Å²) in [5.41, 5.74) is 8.66. The second-order valence-corrected chi connectivity index (χ2v) is 6.54. The van der Waals surface area contributed by atoms with Gasteiger partial charge in [0.15, 0.2) is 0 Å². The third-order valence-electron chi connectivity index (χ3n) is 2.94. The monoisotopic (exact) mass is 260 g/mol. The minimum Gasteiger partial charge on any atom is -0.324 e. The molecule has 3 heteroatoms. The van der Waals surface area contributed by atoms with Gasteiger partial charge >= 0.3 is 0 Å². The third kappa shape index (κ3) is 3.18. The fraction of sp³-hybridized carbons (Fsp3) is 0.400. The Morgan fingerprint density at radius 3 is 2.44 bits per heavy atom. The van der Waals surface area contributed by atoms with Crippen LogP contribution >= 0.6 is 11.3 Å². The van der Waals surface area contributed by atoms with Crippen LogP contribution in [-0.4, -0.2) is 4.98 Å². The molecule has 96 valence electrons. The van der Waals surface area contributed by atoms with Crippen LogP contribution < -0.4 is 5.73 Å². The lowest BCUT2D eigenvalue weighted by molar-refractivity contribution is 0.569. The molecule has 2 aromatic rings. The third-order valence-corrected chi connectivity index (χ3v) is 3.81. The Bertz CT molecular complexity index is 497. The van der Waals surface area contributed by atoms with Gasteiger partial charge < -0.3 is 5.73 Å².